The van der Waals surface area contributed by atoms with Crippen LogP contribution in [0.5, 0.6) is 11.5 Å². The van der Waals surface area contributed by atoms with E-state index in [-0.39, 0.29) is 5.75 Å². The van der Waals surface area contributed by atoms with Crippen LogP contribution in [0.15, 0.2) is 140 Å². The van der Waals surface area contributed by atoms with Gasteiger partial charge in [-0.15, -0.1) is 0 Å². The number of likely N-dealkylation sites (N-methyl/N-ethyl adjacent to an activating group) is 1. The van der Waals surface area contributed by atoms with Gasteiger partial charge in [0.25, 0.3) is 0 Å². The van der Waals surface area contributed by atoms with Crippen LogP contribution in [-0.4, -0.2) is 24.8 Å². The fourth-order valence-electron chi connectivity index (χ4n) is 5.39. The second kappa shape index (κ2) is 12.7. The summed E-state index contributed by atoms with van der Waals surface area (Å²) in [5, 5.41) is 13.8. The van der Waals surface area contributed by atoms with E-state index in [0.717, 1.165) is 25.0 Å². The molecule has 4 heteroatoms. The third-order valence-electron chi connectivity index (χ3n) is 7.42. The number of hydrogen-bond acceptors (Lipinski definition) is 3. The van der Waals surface area contributed by atoms with Gasteiger partial charge in [-0.25, -0.2) is 0 Å². The van der Waals surface area contributed by atoms with E-state index < -0.39 is 7.26 Å². The first-order chi connectivity index (χ1) is 19.2. The number of phenolic OH excluding ortho intramolecular Hbond substituents is 1. The zero-order chi connectivity index (χ0) is 26.9. The van der Waals surface area contributed by atoms with Crippen molar-refractivity contribution in [2.24, 2.45) is 0 Å². The van der Waals surface area contributed by atoms with Crippen LogP contribution in [0, 0.1) is 0 Å². The first-order valence-corrected chi connectivity index (χ1v) is 15.8. The van der Waals surface area contributed by atoms with Gasteiger partial charge in [0.2, 0.25) is 0 Å². The monoisotopic (exact) mass is 533 g/mol. The van der Waals surface area contributed by atoms with Crippen LogP contribution >= 0.6 is 7.26 Å². The Balaban J connectivity index is 1.41. The fourth-order valence-corrected chi connectivity index (χ4v) is 10.1. The topological polar surface area (TPSA) is 32.7 Å². The average molecular weight is 534 g/mol. The quantitative estimate of drug-likeness (QED) is 0.196. The molecule has 1 N–H and O–H groups in total. The van der Waals surface area contributed by atoms with Gasteiger partial charge in [0.1, 0.15) is 5.75 Å². The molecular formula is C35H36NO2P. The van der Waals surface area contributed by atoms with Gasteiger partial charge in [-0.3, -0.25) is 0 Å². The number of anilines is 1. The van der Waals surface area contributed by atoms with Crippen molar-refractivity contribution in [1.82, 2.24) is 0 Å². The molecule has 0 fully saturated rings. The van der Waals surface area contributed by atoms with Crippen LogP contribution in [0.1, 0.15) is 12.5 Å². The molecule has 198 valence electrons. The molecular weight excluding hydrogens is 497 g/mol. The van der Waals surface area contributed by atoms with E-state index in [1.807, 2.05) is 0 Å². The summed E-state index contributed by atoms with van der Waals surface area (Å²) >= 11 is 0. The van der Waals surface area contributed by atoms with E-state index in [2.05, 4.69) is 127 Å². The summed E-state index contributed by atoms with van der Waals surface area (Å²) in [7, 11) is -2.33. The van der Waals surface area contributed by atoms with Gasteiger partial charge in [0.15, 0.2) is 0 Å². The molecule has 5 rings (SSSR count). The van der Waals surface area contributed by atoms with Gasteiger partial charge >= 0.3 is 222 Å². The minimum atomic E-state index is -2.33. The molecule has 0 aliphatic carbocycles. The Hall–Kier alpha value is -4.07. The standard InChI is InChI=1S/C35H36NO2P/c1-2-36(26-27-38-32-24-22-31(37)23-25-32)30-20-18-29(19-21-30)28-39(33-12-6-3-7-13-33,34-14-8-4-9-15-34)35-16-10-5-11-17-35/h3-25,37,39H,2,26-28H2,1H3. The summed E-state index contributed by atoms with van der Waals surface area (Å²) in [6, 6.07) is 49.2. The molecule has 0 unspecified atom stereocenters. The van der Waals surface area contributed by atoms with Crippen LogP contribution in [-0.2, 0) is 6.16 Å². The number of benzene rings is 5. The van der Waals surface area contributed by atoms with Gasteiger partial charge in [0.05, 0.1) is 0 Å². The number of aromatic hydroxyl groups is 1. The second-order valence-corrected chi connectivity index (χ2v) is 13.7. The molecule has 0 amide bonds. The predicted octanol–water partition coefficient (Wildman–Crippen LogP) is 6.52. The van der Waals surface area contributed by atoms with Crippen LogP contribution in [0.2, 0.25) is 0 Å². The van der Waals surface area contributed by atoms with E-state index in [9.17, 15) is 5.11 Å². The summed E-state index contributed by atoms with van der Waals surface area (Å²) in [5.41, 5.74) is 2.54. The summed E-state index contributed by atoms with van der Waals surface area (Å²) in [4.78, 5) is 2.33. The molecule has 0 atom stereocenters. The van der Waals surface area contributed by atoms with E-state index in [1.54, 1.807) is 24.3 Å². The van der Waals surface area contributed by atoms with Crippen molar-refractivity contribution < 1.29 is 9.84 Å². The SMILES string of the molecule is CCN(CCOc1ccc(O)cc1)c1ccc(C[PH](c2ccccc2)(c2ccccc2)c2ccccc2)cc1. The summed E-state index contributed by atoms with van der Waals surface area (Å²) < 4.78 is 5.90. The molecule has 0 bridgehead atoms. The Labute approximate surface area is 232 Å². The van der Waals surface area contributed by atoms with E-state index >= 15 is 0 Å². The molecule has 0 aromatic heterocycles. The maximum atomic E-state index is 9.48. The van der Waals surface area contributed by atoms with Crippen molar-refractivity contribution in [3.63, 3.8) is 0 Å². The number of hydrogen-bond donors (Lipinski definition) is 1. The first kappa shape index (κ1) is 26.5. The van der Waals surface area contributed by atoms with Crippen molar-refractivity contribution in [2.75, 3.05) is 24.6 Å². The summed E-state index contributed by atoms with van der Waals surface area (Å²) in [6.07, 6.45) is 0.988. The van der Waals surface area contributed by atoms with E-state index in [0.29, 0.717) is 6.61 Å². The number of nitrogens with zero attached hydrogens (tertiary/aromatic N) is 1. The van der Waals surface area contributed by atoms with Crippen LogP contribution < -0.4 is 25.6 Å². The van der Waals surface area contributed by atoms with E-state index in [4.69, 9.17) is 4.74 Å². The molecule has 0 heterocycles. The van der Waals surface area contributed by atoms with Crippen molar-refractivity contribution in [1.29, 1.82) is 0 Å². The molecule has 5 aromatic rings. The van der Waals surface area contributed by atoms with Crippen molar-refractivity contribution >= 4 is 28.9 Å². The maximum absolute atomic E-state index is 9.48. The molecule has 0 aliphatic rings. The molecule has 0 saturated heterocycles. The molecule has 0 spiro atoms. The summed E-state index contributed by atoms with van der Waals surface area (Å²) in [6.45, 7) is 4.43. The average Bonchev–Trinajstić information content (AvgIpc) is 3.01. The Morgan fingerprint density at radius 2 is 1.10 bits per heavy atom. The third kappa shape index (κ3) is 6.16. The Kier molecular flexibility index (Phi) is 8.61. The van der Waals surface area contributed by atoms with Crippen molar-refractivity contribution in [2.45, 2.75) is 13.1 Å². The fraction of sp³-hybridized carbons (Fsp3) is 0.143. The van der Waals surface area contributed by atoms with Crippen LogP contribution in [0.25, 0.3) is 0 Å². The van der Waals surface area contributed by atoms with Gasteiger partial charge < -0.3 is 5.11 Å². The van der Waals surface area contributed by atoms with Gasteiger partial charge in [-0.2, -0.15) is 0 Å². The van der Waals surface area contributed by atoms with Gasteiger partial charge in [-0.05, 0) is 0 Å². The van der Waals surface area contributed by atoms with Crippen molar-refractivity contribution in [3.05, 3.63) is 145 Å². The van der Waals surface area contributed by atoms with Gasteiger partial charge in [-0.1, -0.05) is 0 Å². The molecule has 0 radical (unpaired) electrons. The normalized spacial score (nSPS) is 11.6. The molecule has 39 heavy (non-hydrogen) atoms. The zero-order valence-corrected chi connectivity index (χ0v) is 23.4. The molecule has 3 nitrogen and oxygen atoms in total. The van der Waals surface area contributed by atoms with Gasteiger partial charge in [0, 0.05) is 0 Å². The Bertz CT molecular complexity index is 1330. The van der Waals surface area contributed by atoms with E-state index in [1.165, 1.54) is 27.2 Å². The molecule has 0 aliphatic heterocycles. The minimum absolute atomic E-state index is 0.247. The Morgan fingerprint density at radius 3 is 1.56 bits per heavy atom. The number of ether oxygens (including phenoxy) is 1. The van der Waals surface area contributed by atoms with Crippen LogP contribution in [0.4, 0.5) is 5.69 Å². The van der Waals surface area contributed by atoms with Crippen molar-refractivity contribution in [3.8, 4) is 11.5 Å². The Morgan fingerprint density at radius 1 is 0.615 bits per heavy atom. The summed E-state index contributed by atoms with van der Waals surface area (Å²) in [5.74, 6) is 1.01. The molecule has 5 aromatic carbocycles. The number of phenols is 1. The zero-order valence-electron chi connectivity index (χ0n) is 22.4. The predicted molar refractivity (Wildman–Crippen MR) is 168 cm³/mol. The molecule has 0 saturated carbocycles. The third-order valence-corrected chi connectivity index (χ3v) is 12.3. The number of rotatable bonds is 11. The second-order valence-electron chi connectivity index (χ2n) is 9.77. The van der Waals surface area contributed by atoms with Crippen LogP contribution in [0.3, 0.4) is 0 Å². The first-order valence-electron chi connectivity index (χ1n) is 13.6.